The molecule has 1 aliphatic rings. The molecule has 2 heterocycles. The third kappa shape index (κ3) is 1.95. The number of thiophene rings is 1. The smallest absolute Gasteiger partial charge is 0.148 e. The first-order valence-corrected chi connectivity index (χ1v) is 6.48. The molecule has 1 saturated carbocycles. The Morgan fingerprint density at radius 3 is 2.94 bits per heavy atom. The van der Waals surface area contributed by atoms with Gasteiger partial charge in [-0.2, -0.15) is 5.10 Å². The Hall–Kier alpha value is -1.000. The van der Waals surface area contributed by atoms with Gasteiger partial charge in [0, 0.05) is 19.2 Å². The Balaban J connectivity index is 1.91. The highest BCUT2D eigenvalue weighted by atomic mass is 35.5. The van der Waals surface area contributed by atoms with Crippen molar-refractivity contribution in [2.75, 3.05) is 5.32 Å². The van der Waals surface area contributed by atoms with Crippen LogP contribution in [0.25, 0.3) is 10.6 Å². The second-order valence-electron chi connectivity index (χ2n) is 4.06. The van der Waals surface area contributed by atoms with E-state index in [2.05, 4.69) is 16.5 Å². The van der Waals surface area contributed by atoms with Crippen molar-refractivity contribution in [1.82, 2.24) is 9.78 Å². The Kier molecular flexibility index (Phi) is 2.41. The first-order chi connectivity index (χ1) is 7.72. The second-order valence-corrected chi connectivity index (χ2v) is 5.78. The normalized spacial score (nSPS) is 15.4. The Labute approximate surface area is 103 Å². The molecule has 16 heavy (non-hydrogen) atoms. The molecule has 0 aliphatic heterocycles. The number of aromatic nitrogens is 2. The van der Waals surface area contributed by atoms with E-state index < -0.39 is 0 Å². The van der Waals surface area contributed by atoms with Crippen LogP contribution in [0.1, 0.15) is 12.8 Å². The van der Waals surface area contributed by atoms with Crippen LogP contribution in [0.2, 0.25) is 4.34 Å². The van der Waals surface area contributed by atoms with Gasteiger partial charge in [-0.1, -0.05) is 11.6 Å². The lowest BCUT2D eigenvalue weighted by molar-refractivity contribution is 0.777. The van der Waals surface area contributed by atoms with E-state index in [1.807, 2.05) is 23.9 Å². The van der Waals surface area contributed by atoms with Gasteiger partial charge in [-0.3, -0.25) is 4.68 Å². The number of hydrogen-bond acceptors (Lipinski definition) is 3. The highest BCUT2D eigenvalue weighted by Crippen LogP contribution is 2.33. The number of aryl methyl sites for hydroxylation is 1. The number of nitrogens with one attached hydrogen (secondary N) is 1. The van der Waals surface area contributed by atoms with Crippen LogP contribution in [-0.2, 0) is 7.05 Å². The van der Waals surface area contributed by atoms with Crippen LogP contribution in [0.15, 0.2) is 18.2 Å². The highest BCUT2D eigenvalue weighted by molar-refractivity contribution is 7.19. The zero-order valence-electron chi connectivity index (χ0n) is 8.90. The first-order valence-electron chi connectivity index (χ1n) is 5.28. The van der Waals surface area contributed by atoms with Crippen molar-refractivity contribution in [3.63, 3.8) is 0 Å². The lowest BCUT2D eigenvalue weighted by atomic mass is 10.3. The molecule has 0 unspecified atom stereocenters. The molecule has 1 N–H and O–H groups in total. The molecule has 0 radical (unpaired) electrons. The second kappa shape index (κ2) is 3.79. The molecule has 2 aromatic heterocycles. The van der Waals surface area contributed by atoms with Gasteiger partial charge in [-0.25, -0.2) is 0 Å². The average molecular weight is 254 g/mol. The van der Waals surface area contributed by atoms with Crippen molar-refractivity contribution in [2.24, 2.45) is 7.05 Å². The van der Waals surface area contributed by atoms with Crippen LogP contribution in [0, 0.1) is 0 Å². The zero-order valence-corrected chi connectivity index (χ0v) is 10.5. The Bertz CT molecular complexity index is 513. The summed E-state index contributed by atoms with van der Waals surface area (Å²) in [6.07, 6.45) is 2.52. The summed E-state index contributed by atoms with van der Waals surface area (Å²) in [5, 5.41) is 7.84. The SMILES string of the molecule is Cn1nc(NC2CC2)cc1-c1ccc(Cl)s1. The highest BCUT2D eigenvalue weighted by Gasteiger charge is 2.22. The van der Waals surface area contributed by atoms with Crippen molar-refractivity contribution < 1.29 is 0 Å². The molecule has 84 valence electrons. The minimum atomic E-state index is 0.634. The fourth-order valence-corrected chi connectivity index (χ4v) is 2.75. The number of halogens is 1. The van der Waals surface area contributed by atoms with Gasteiger partial charge < -0.3 is 5.32 Å². The van der Waals surface area contributed by atoms with Crippen LogP contribution in [0.5, 0.6) is 0 Å². The van der Waals surface area contributed by atoms with E-state index in [4.69, 9.17) is 11.6 Å². The van der Waals surface area contributed by atoms with Gasteiger partial charge in [0.1, 0.15) is 5.82 Å². The van der Waals surface area contributed by atoms with E-state index in [1.165, 1.54) is 12.8 Å². The summed E-state index contributed by atoms with van der Waals surface area (Å²) in [6, 6.07) is 6.67. The maximum absolute atomic E-state index is 5.94. The lowest BCUT2D eigenvalue weighted by Crippen LogP contribution is -2.01. The number of rotatable bonds is 3. The van der Waals surface area contributed by atoms with Gasteiger partial charge in [0.05, 0.1) is 14.9 Å². The molecular weight excluding hydrogens is 242 g/mol. The minimum absolute atomic E-state index is 0.634. The largest absolute Gasteiger partial charge is 0.366 e. The lowest BCUT2D eigenvalue weighted by Gasteiger charge is -1.96. The van der Waals surface area contributed by atoms with Gasteiger partial charge in [0.25, 0.3) is 0 Å². The molecule has 5 heteroatoms. The molecule has 0 saturated heterocycles. The summed E-state index contributed by atoms with van der Waals surface area (Å²) < 4.78 is 2.71. The van der Waals surface area contributed by atoms with Crippen molar-refractivity contribution >= 4 is 28.8 Å². The predicted molar refractivity (Wildman–Crippen MR) is 68.2 cm³/mol. The van der Waals surface area contributed by atoms with Crippen LogP contribution < -0.4 is 5.32 Å². The van der Waals surface area contributed by atoms with E-state index in [0.717, 1.165) is 20.7 Å². The van der Waals surface area contributed by atoms with E-state index in [0.29, 0.717) is 6.04 Å². The molecule has 0 amide bonds. The molecule has 1 aliphatic carbocycles. The Morgan fingerprint density at radius 1 is 1.50 bits per heavy atom. The third-order valence-corrected chi connectivity index (χ3v) is 3.89. The van der Waals surface area contributed by atoms with Gasteiger partial charge in [-0.05, 0) is 25.0 Å². The molecule has 0 spiro atoms. The van der Waals surface area contributed by atoms with E-state index in [1.54, 1.807) is 11.3 Å². The molecule has 1 fully saturated rings. The van der Waals surface area contributed by atoms with E-state index >= 15 is 0 Å². The summed E-state index contributed by atoms with van der Waals surface area (Å²) in [6.45, 7) is 0. The van der Waals surface area contributed by atoms with Crippen LogP contribution in [-0.4, -0.2) is 15.8 Å². The molecule has 0 bridgehead atoms. The summed E-state index contributed by atoms with van der Waals surface area (Å²) in [5.41, 5.74) is 1.11. The monoisotopic (exact) mass is 253 g/mol. The van der Waals surface area contributed by atoms with E-state index in [9.17, 15) is 0 Å². The van der Waals surface area contributed by atoms with Crippen LogP contribution >= 0.6 is 22.9 Å². The topological polar surface area (TPSA) is 29.9 Å². The fraction of sp³-hybridized carbons (Fsp3) is 0.364. The van der Waals surface area contributed by atoms with Gasteiger partial charge in [-0.15, -0.1) is 11.3 Å². The number of hydrogen-bond donors (Lipinski definition) is 1. The molecular formula is C11H12ClN3S. The Morgan fingerprint density at radius 2 is 2.31 bits per heavy atom. The predicted octanol–water partition coefficient (Wildman–Crippen LogP) is 3.38. The minimum Gasteiger partial charge on any atom is -0.366 e. The molecule has 0 atom stereocenters. The number of anilines is 1. The summed E-state index contributed by atoms with van der Waals surface area (Å²) >= 11 is 7.52. The third-order valence-electron chi connectivity index (χ3n) is 2.63. The van der Waals surface area contributed by atoms with Crippen molar-refractivity contribution in [2.45, 2.75) is 18.9 Å². The van der Waals surface area contributed by atoms with Gasteiger partial charge >= 0.3 is 0 Å². The summed E-state index contributed by atoms with van der Waals surface area (Å²) in [7, 11) is 1.96. The van der Waals surface area contributed by atoms with Crippen molar-refractivity contribution in [3.05, 3.63) is 22.5 Å². The first kappa shape index (κ1) is 10.2. The van der Waals surface area contributed by atoms with Crippen LogP contribution in [0.4, 0.5) is 5.82 Å². The van der Waals surface area contributed by atoms with Crippen LogP contribution in [0.3, 0.4) is 0 Å². The molecule has 3 nitrogen and oxygen atoms in total. The van der Waals surface area contributed by atoms with Crippen molar-refractivity contribution in [3.8, 4) is 10.6 Å². The quantitative estimate of drug-likeness (QED) is 0.909. The van der Waals surface area contributed by atoms with E-state index in [-0.39, 0.29) is 0 Å². The van der Waals surface area contributed by atoms with Gasteiger partial charge in [0.15, 0.2) is 0 Å². The summed E-state index contributed by atoms with van der Waals surface area (Å²) in [5.74, 6) is 0.963. The van der Waals surface area contributed by atoms with Gasteiger partial charge in [0.2, 0.25) is 0 Å². The average Bonchev–Trinajstić information content (AvgIpc) is 2.82. The standard InChI is InChI=1S/C11H12ClN3S/c1-15-8(9-4-5-10(12)16-9)6-11(14-15)13-7-2-3-7/h4-7H,2-3H2,1H3,(H,13,14). The number of nitrogens with zero attached hydrogens (tertiary/aromatic N) is 2. The maximum atomic E-state index is 5.94. The molecule has 2 aromatic rings. The molecule has 0 aromatic carbocycles. The maximum Gasteiger partial charge on any atom is 0.148 e. The molecule has 3 rings (SSSR count). The summed E-state index contributed by atoms with van der Waals surface area (Å²) in [4.78, 5) is 1.16. The zero-order chi connectivity index (χ0) is 11.1. The fourth-order valence-electron chi connectivity index (χ4n) is 1.66. The van der Waals surface area contributed by atoms with Crippen molar-refractivity contribution in [1.29, 1.82) is 0 Å².